The van der Waals surface area contributed by atoms with Crippen LogP contribution in [-0.2, 0) is 16.0 Å². The summed E-state index contributed by atoms with van der Waals surface area (Å²) in [4.78, 5) is 39.6. The molecule has 1 N–H and O–H groups in total. The van der Waals surface area contributed by atoms with Gasteiger partial charge < -0.3 is 4.74 Å². The number of nitrogens with zero attached hydrogens (tertiary/aromatic N) is 1. The second kappa shape index (κ2) is 10.3. The summed E-state index contributed by atoms with van der Waals surface area (Å²) in [5, 5.41) is 2.29. The van der Waals surface area contributed by atoms with Gasteiger partial charge in [-0.3, -0.25) is 14.9 Å². The molecule has 4 rings (SSSR count). The number of ether oxygens (including phenoxy) is 1. The number of benzene rings is 3. The topological polar surface area (TPSA) is 75.7 Å². The number of imide groups is 2. The molecule has 178 valence electrons. The summed E-state index contributed by atoms with van der Waals surface area (Å²) in [5.74, 6) is -0.753. The van der Waals surface area contributed by atoms with Gasteiger partial charge in [-0.25, -0.2) is 9.69 Å². The zero-order valence-corrected chi connectivity index (χ0v) is 23.1. The van der Waals surface area contributed by atoms with E-state index in [1.54, 1.807) is 25.3 Å². The maximum atomic E-state index is 13.3. The van der Waals surface area contributed by atoms with E-state index in [4.69, 9.17) is 4.74 Å². The van der Waals surface area contributed by atoms with E-state index in [1.165, 1.54) is 6.08 Å². The highest BCUT2D eigenvalue weighted by Crippen LogP contribution is 2.32. The first kappa shape index (κ1) is 25.1. The van der Waals surface area contributed by atoms with E-state index < -0.39 is 17.8 Å². The van der Waals surface area contributed by atoms with Gasteiger partial charge in [0.1, 0.15) is 11.3 Å². The quantitative estimate of drug-likeness (QED) is 0.212. The van der Waals surface area contributed by atoms with Crippen molar-refractivity contribution in [1.82, 2.24) is 5.32 Å². The third-order valence-electron chi connectivity index (χ3n) is 5.95. The van der Waals surface area contributed by atoms with Crippen LogP contribution in [0, 0.1) is 17.4 Å². The predicted molar refractivity (Wildman–Crippen MR) is 148 cm³/mol. The first-order valence-electron chi connectivity index (χ1n) is 10.8. The van der Waals surface area contributed by atoms with Gasteiger partial charge in [0.25, 0.3) is 11.8 Å². The predicted octanol–water partition coefficient (Wildman–Crippen LogP) is 5.94. The van der Waals surface area contributed by atoms with Crippen LogP contribution in [-0.4, -0.2) is 25.0 Å². The van der Waals surface area contributed by atoms with Crippen molar-refractivity contribution in [3.63, 3.8) is 0 Å². The second-order valence-electron chi connectivity index (χ2n) is 8.13. The Morgan fingerprint density at radius 1 is 1.06 bits per heavy atom. The normalized spacial score (nSPS) is 14.9. The van der Waals surface area contributed by atoms with Crippen molar-refractivity contribution in [3.05, 3.63) is 96.0 Å². The second-order valence-corrected chi connectivity index (χ2v) is 10.1. The van der Waals surface area contributed by atoms with Crippen LogP contribution in [0.3, 0.4) is 0 Å². The van der Waals surface area contributed by atoms with Crippen LogP contribution in [0.5, 0.6) is 5.75 Å². The number of anilines is 1. The van der Waals surface area contributed by atoms with Crippen LogP contribution in [0.15, 0.2) is 64.6 Å². The van der Waals surface area contributed by atoms with E-state index in [0.717, 1.165) is 35.2 Å². The summed E-state index contributed by atoms with van der Waals surface area (Å²) in [6.45, 7) is 3.74. The van der Waals surface area contributed by atoms with Crippen LogP contribution in [0.25, 0.3) is 6.08 Å². The number of hydrogen-bond acceptors (Lipinski definition) is 4. The van der Waals surface area contributed by atoms with Crippen molar-refractivity contribution < 1.29 is 19.1 Å². The number of halogens is 2. The van der Waals surface area contributed by atoms with Gasteiger partial charge in [-0.2, -0.15) is 0 Å². The summed E-state index contributed by atoms with van der Waals surface area (Å²) < 4.78 is 7.59. The van der Waals surface area contributed by atoms with Gasteiger partial charge in [0.2, 0.25) is 0 Å². The molecule has 0 aromatic heterocycles. The average Bonchev–Trinajstić information content (AvgIpc) is 2.82. The number of hydrogen-bond donors (Lipinski definition) is 1. The maximum absolute atomic E-state index is 13.3. The van der Waals surface area contributed by atoms with Gasteiger partial charge in [-0.15, -0.1) is 0 Å². The Balaban J connectivity index is 1.73. The number of aryl methyl sites for hydroxylation is 1. The Bertz CT molecular complexity index is 1400. The Labute approximate surface area is 225 Å². The lowest BCUT2D eigenvalue weighted by Crippen LogP contribution is -2.54. The maximum Gasteiger partial charge on any atom is 0.335 e. The fourth-order valence-corrected chi connectivity index (χ4v) is 5.16. The number of nitrogens with one attached hydrogen (secondary N) is 1. The zero-order valence-electron chi connectivity index (χ0n) is 19.3. The van der Waals surface area contributed by atoms with Crippen molar-refractivity contribution in [1.29, 1.82) is 0 Å². The minimum absolute atomic E-state index is 0.123. The number of barbiturate groups is 1. The molecule has 35 heavy (non-hydrogen) atoms. The Kier molecular flexibility index (Phi) is 7.42. The number of methoxy groups -OCH3 is 1. The van der Waals surface area contributed by atoms with E-state index >= 15 is 0 Å². The first-order chi connectivity index (χ1) is 16.7. The minimum Gasteiger partial charge on any atom is -0.496 e. The van der Waals surface area contributed by atoms with E-state index in [9.17, 15) is 14.4 Å². The van der Waals surface area contributed by atoms with Crippen LogP contribution in [0.4, 0.5) is 10.5 Å². The molecule has 4 amide bonds. The molecule has 0 saturated carbocycles. The summed E-state index contributed by atoms with van der Waals surface area (Å²) in [6, 6.07) is 16.3. The molecule has 3 aromatic carbocycles. The molecule has 0 atom stereocenters. The summed E-state index contributed by atoms with van der Waals surface area (Å²) >= 11 is 5.82. The third kappa shape index (κ3) is 5.04. The van der Waals surface area contributed by atoms with Crippen LogP contribution in [0.1, 0.15) is 27.8 Å². The molecule has 1 aliphatic rings. The number of carbonyl (C=O) groups is 3. The first-order valence-corrected chi connectivity index (χ1v) is 12.7. The van der Waals surface area contributed by atoms with Crippen LogP contribution in [0.2, 0.25) is 0 Å². The van der Waals surface area contributed by atoms with Gasteiger partial charge in [-0.1, -0.05) is 46.3 Å². The van der Waals surface area contributed by atoms with Gasteiger partial charge in [-0.05, 0) is 89.0 Å². The van der Waals surface area contributed by atoms with Crippen LogP contribution < -0.4 is 15.0 Å². The summed E-state index contributed by atoms with van der Waals surface area (Å²) in [7, 11) is 1.59. The summed E-state index contributed by atoms with van der Waals surface area (Å²) in [5.41, 5.74) is 4.77. The van der Waals surface area contributed by atoms with E-state index in [-0.39, 0.29) is 5.57 Å². The SMILES string of the molecule is COc1cc(/C=C2\C(=O)NC(=O)N(c3cccc(C)c3C)C2=O)cc(I)c1Cc1ccccc1Br. The van der Waals surface area contributed by atoms with E-state index in [2.05, 4.69) is 43.8 Å². The van der Waals surface area contributed by atoms with E-state index in [1.807, 2.05) is 50.2 Å². The monoisotopic (exact) mass is 644 g/mol. The standard InChI is InChI=1S/C27H22BrIN2O4/c1-15-7-6-10-23(16(15)2)31-26(33)20(25(32)30-27(31)34)11-17-12-22(29)19(24(13-17)35-3)14-18-8-4-5-9-21(18)28/h4-13H,14H2,1-3H3,(H,30,32,34)/b20-11+. The molecule has 6 nitrogen and oxygen atoms in total. The average molecular weight is 645 g/mol. The number of rotatable bonds is 5. The van der Waals surface area contributed by atoms with Gasteiger partial charge >= 0.3 is 6.03 Å². The fraction of sp³-hybridized carbons (Fsp3) is 0.148. The van der Waals surface area contributed by atoms with E-state index in [0.29, 0.717) is 23.4 Å². The Morgan fingerprint density at radius 2 is 1.80 bits per heavy atom. The van der Waals surface area contributed by atoms with Crippen molar-refractivity contribution in [2.24, 2.45) is 0 Å². The highest BCUT2D eigenvalue weighted by Gasteiger charge is 2.37. The van der Waals surface area contributed by atoms with Crippen molar-refractivity contribution in [2.75, 3.05) is 12.0 Å². The number of amides is 4. The van der Waals surface area contributed by atoms with Gasteiger partial charge in [0.15, 0.2) is 0 Å². The molecule has 0 bridgehead atoms. The molecule has 0 spiro atoms. The zero-order chi connectivity index (χ0) is 25.3. The lowest BCUT2D eigenvalue weighted by atomic mass is 10.00. The molecular weight excluding hydrogens is 623 g/mol. The Morgan fingerprint density at radius 3 is 2.51 bits per heavy atom. The fourth-order valence-electron chi connectivity index (χ4n) is 3.92. The van der Waals surface area contributed by atoms with Gasteiger partial charge in [0, 0.05) is 20.0 Å². The molecular formula is C27H22BrIN2O4. The summed E-state index contributed by atoms with van der Waals surface area (Å²) in [6.07, 6.45) is 2.14. The molecule has 8 heteroatoms. The van der Waals surface area contributed by atoms with Crippen LogP contribution >= 0.6 is 38.5 Å². The van der Waals surface area contributed by atoms with Gasteiger partial charge in [0.05, 0.1) is 12.8 Å². The minimum atomic E-state index is -0.762. The lowest BCUT2D eigenvalue weighted by molar-refractivity contribution is -0.122. The lowest BCUT2D eigenvalue weighted by Gasteiger charge is -2.28. The Hall–Kier alpha value is -2.98. The molecule has 1 aliphatic heterocycles. The largest absolute Gasteiger partial charge is 0.496 e. The molecule has 1 fully saturated rings. The highest BCUT2D eigenvalue weighted by molar-refractivity contribution is 14.1. The third-order valence-corrected chi connectivity index (χ3v) is 7.69. The van der Waals surface area contributed by atoms with Crippen molar-refractivity contribution >= 4 is 68.1 Å². The molecule has 3 aromatic rings. The van der Waals surface area contributed by atoms with Crippen molar-refractivity contribution in [2.45, 2.75) is 20.3 Å². The smallest absolute Gasteiger partial charge is 0.335 e. The number of carbonyl (C=O) groups excluding carboxylic acids is 3. The van der Waals surface area contributed by atoms with Crippen molar-refractivity contribution in [3.8, 4) is 5.75 Å². The molecule has 1 saturated heterocycles. The molecule has 0 aliphatic carbocycles. The highest BCUT2D eigenvalue weighted by atomic mass is 127. The molecule has 1 heterocycles. The molecule has 0 radical (unpaired) electrons. The molecule has 0 unspecified atom stereocenters. The number of urea groups is 1.